The van der Waals surface area contributed by atoms with Gasteiger partial charge < -0.3 is 21.3 Å². The molecule has 1 heterocycles. The Kier molecular flexibility index (Phi) is 6.96. The van der Waals surface area contributed by atoms with Crippen molar-refractivity contribution in [3.63, 3.8) is 0 Å². The Bertz CT molecular complexity index is 1070. The monoisotopic (exact) mass is 517 g/mol. The van der Waals surface area contributed by atoms with Crippen molar-refractivity contribution in [2.45, 2.75) is 111 Å². The molecule has 0 spiro atoms. The Hall–Kier alpha value is -0.960. The highest BCUT2D eigenvalue weighted by Gasteiger charge is 2.32. The van der Waals surface area contributed by atoms with Gasteiger partial charge >= 0.3 is 0 Å². The number of hydrogen-bond acceptors (Lipinski definition) is 4. The predicted octanol–water partition coefficient (Wildman–Crippen LogP) is 9.01. The van der Waals surface area contributed by atoms with Crippen LogP contribution in [0.25, 0.3) is 0 Å². The number of fused-ring (bicyclic) bond motifs is 2. The summed E-state index contributed by atoms with van der Waals surface area (Å²) < 4.78 is 13.0. The van der Waals surface area contributed by atoms with Gasteiger partial charge in [0.05, 0.1) is 0 Å². The summed E-state index contributed by atoms with van der Waals surface area (Å²) in [6.07, 6.45) is 0.718. The summed E-state index contributed by atoms with van der Waals surface area (Å²) >= 11 is 11.7. The fraction of sp³-hybridized carbons (Fsp3) is 0.586. The van der Waals surface area contributed by atoms with Gasteiger partial charge in [0.1, 0.15) is 11.5 Å². The zero-order valence-electron chi connectivity index (χ0n) is 23.1. The van der Waals surface area contributed by atoms with Crippen molar-refractivity contribution in [2.24, 2.45) is 0 Å². The molecule has 0 saturated carbocycles. The van der Waals surface area contributed by atoms with E-state index < -0.39 is 5.69 Å². The Balaban J connectivity index is 2.43. The quantitative estimate of drug-likeness (QED) is 0.256. The van der Waals surface area contributed by atoms with Crippen molar-refractivity contribution in [3.05, 3.63) is 57.6 Å². The molecule has 0 aromatic heterocycles. The Morgan fingerprint density at radius 3 is 1.21 bits per heavy atom. The molecule has 1 aliphatic rings. The molecule has 1 aliphatic heterocycles. The normalized spacial score (nSPS) is 16.5. The van der Waals surface area contributed by atoms with Crippen LogP contribution < -0.4 is 9.05 Å². The van der Waals surface area contributed by atoms with Gasteiger partial charge in [0.2, 0.25) is 0 Å². The van der Waals surface area contributed by atoms with Crippen LogP contribution in [0.15, 0.2) is 24.3 Å². The lowest BCUT2D eigenvalue weighted by molar-refractivity contribution is 0.457. The van der Waals surface area contributed by atoms with Crippen LogP contribution in [0.2, 0.25) is 0 Å². The maximum Gasteiger partial charge on any atom is 0.156 e. The minimum Gasteiger partial charge on any atom is -0.665 e. The summed E-state index contributed by atoms with van der Waals surface area (Å²) in [6, 6.07) is 9.14. The molecule has 5 heteroatoms. The zero-order chi connectivity index (χ0) is 26.1. The molecular formula is C29H42O2PS2-. The van der Waals surface area contributed by atoms with Gasteiger partial charge in [-0.1, -0.05) is 107 Å². The molecule has 0 fully saturated rings. The van der Waals surface area contributed by atoms with Crippen LogP contribution in [-0.2, 0) is 52.1 Å². The standard InChI is InChI=1S/C29H43O2PS2/c1-26(2,3)20-14-18-13-19-15-21(27(4,5)6)17-23(29(10,11)12)25(19)31-32(33,34)30-24(18)22(16-20)28(7,8)9/h14-17H,13H2,1-12H3,(H,33,34)/p-1. The van der Waals surface area contributed by atoms with E-state index in [2.05, 4.69) is 107 Å². The third kappa shape index (κ3) is 5.88. The van der Waals surface area contributed by atoms with E-state index in [0.29, 0.717) is 0 Å². The summed E-state index contributed by atoms with van der Waals surface area (Å²) in [5, 5.41) is 0. The van der Waals surface area contributed by atoms with Crippen molar-refractivity contribution >= 4 is 29.7 Å². The molecule has 34 heavy (non-hydrogen) atoms. The van der Waals surface area contributed by atoms with Crippen LogP contribution in [0.3, 0.4) is 0 Å². The summed E-state index contributed by atoms with van der Waals surface area (Å²) in [4.78, 5) is 0. The summed E-state index contributed by atoms with van der Waals surface area (Å²) in [6.45, 7) is 26.9. The first-order valence-corrected chi connectivity index (χ1v) is 15.8. The van der Waals surface area contributed by atoms with Gasteiger partial charge in [0, 0.05) is 17.5 Å². The molecule has 0 bridgehead atoms. The highest BCUT2D eigenvalue weighted by atomic mass is 32.9. The lowest BCUT2D eigenvalue weighted by Gasteiger charge is -2.39. The first kappa shape index (κ1) is 27.6. The van der Waals surface area contributed by atoms with Gasteiger partial charge in [0.25, 0.3) is 0 Å². The smallest absolute Gasteiger partial charge is 0.156 e. The summed E-state index contributed by atoms with van der Waals surface area (Å²) in [5.74, 6) is 1.64. The third-order valence-electron chi connectivity index (χ3n) is 6.47. The highest BCUT2D eigenvalue weighted by molar-refractivity contribution is 8.51. The van der Waals surface area contributed by atoms with Crippen molar-refractivity contribution < 1.29 is 9.05 Å². The molecule has 188 valence electrons. The van der Waals surface area contributed by atoms with E-state index in [1.165, 1.54) is 11.1 Å². The van der Waals surface area contributed by atoms with Crippen LogP contribution in [0.4, 0.5) is 0 Å². The lowest BCUT2D eigenvalue weighted by atomic mass is 9.76. The Labute approximate surface area is 218 Å². The van der Waals surface area contributed by atoms with Crippen molar-refractivity contribution in [1.29, 1.82) is 0 Å². The van der Waals surface area contributed by atoms with Crippen LogP contribution in [0.5, 0.6) is 11.5 Å². The zero-order valence-corrected chi connectivity index (χ0v) is 25.6. The molecule has 3 rings (SSSR count). The second kappa shape index (κ2) is 8.56. The molecule has 0 atom stereocenters. The van der Waals surface area contributed by atoms with E-state index in [0.717, 1.165) is 40.2 Å². The molecule has 0 unspecified atom stereocenters. The predicted molar refractivity (Wildman–Crippen MR) is 153 cm³/mol. The fourth-order valence-corrected chi connectivity index (χ4v) is 6.09. The van der Waals surface area contributed by atoms with Crippen molar-refractivity contribution in [1.82, 2.24) is 0 Å². The van der Waals surface area contributed by atoms with Crippen molar-refractivity contribution in [2.75, 3.05) is 0 Å². The largest absolute Gasteiger partial charge is 0.665 e. The maximum absolute atomic E-state index is 6.49. The lowest BCUT2D eigenvalue weighted by Crippen LogP contribution is -2.22. The van der Waals surface area contributed by atoms with Crippen LogP contribution >= 0.6 is 5.69 Å². The van der Waals surface area contributed by atoms with E-state index in [4.69, 9.17) is 33.1 Å². The van der Waals surface area contributed by atoms with Gasteiger partial charge in [-0.25, -0.2) is 0 Å². The van der Waals surface area contributed by atoms with E-state index in [9.17, 15) is 0 Å². The summed E-state index contributed by atoms with van der Waals surface area (Å²) in [7, 11) is 0. The number of benzene rings is 2. The second-order valence-corrected chi connectivity index (χ2v) is 18.7. The molecule has 2 aromatic carbocycles. The molecule has 0 saturated heterocycles. The first-order chi connectivity index (χ1) is 15.1. The minimum atomic E-state index is -3.01. The second-order valence-electron chi connectivity index (χ2n) is 13.8. The minimum absolute atomic E-state index is 0.00865. The summed E-state index contributed by atoms with van der Waals surface area (Å²) in [5.41, 5.74) is 3.93. The van der Waals surface area contributed by atoms with E-state index in [1.54, 1.807) is 0 Å². The highest BCUT2D eigenvalue weighted by Crippen LogP contribution is 2.55. The molecule has 0 N–H and O–H groups in total. The van der Waals surface area contributed by atoms with Gasteiger partial charge in [-0.05, 0) is 55.7 Å². The van der Waals surface area contributed by atoms with Crippen molar-refractivity contribution in [3.8, 4) is 11.5 Å². The fourth-order valence-electron chi connectivity index (χ4n) is 4.28. The molecule has 2 aromatic rings. The van der Waals surface area contributed by atoms with Crippen LogP contribution in [0.1, 0.15) is 116 Å². The molecule has 0 radical (unpaired) electrons. The van der Waals surface area contributed by atoms with E-state index in [1.807, 2.05) is 0 Å². The average molecular weight is 518 g/mol. The average Bonchev–Trinajstić information content (AvgIpc) is 2.58. The first-order valence-electron chi connectivity index (χ1n) is 12.2. The molecule has 0 aliphatic carbocycles. The van der Waals surface area contributed by atoms with E-state index >= 15 is 0 Å². The van der Waals surface area contributed by atoms with Gasteiger partial charge in [0.15, 0.2) is 5.69 Å². The Morgan fingerprint density at radius 2 is 0.941 bits per heavy atom. The van der Waals surface area contributed by atoms with Crippen LogP contribution in [0, 0.1) is 0 Å². The van der Waals surface area contributed by atoms with E-state index in [-0.39, 0.29) is 21.7 Å². The van der Waals surface area contributed by atoms with Gasteiger partial charge in [-0.3, -0.25) is 0 Å². The van der Waals surface area contributed by atoms with Gasteiger partial charge in [-0.2, -0.15) is 0 Å². The van der Waals surface area contributed by atoms with Crippen LogP contribution in [-0.4, -0.2) is 0 Å². The Morgan fingerprint density at radius 1 is 0.618 bits per heavy atom. The SMILES string of the molecule is CC(C)(C)c1cc2c(c(C(C)(C)C)c1)OP(=S)([S-])Oc1c(cc(C(C)(C)C)cc1C(C)(C)C)C2. The number of hydrogen-bond donors (Lipinski definition) is 0. The molecular weight excluding hydrogens is 475 g/mol. The van der Waals surface area contributed by atoms with Gasteiger partial charge in [-0.15, -0.1) is 0 Å². The third-order valence-corrected chi connectivity index (χ3v) is 8.17. The molecule has 2 nitrogen and oxygen atoms in total. The molecule has 0 amide bonds. The topological polar surface area (TPSA) is 18.5 Å². The number of rotatable bonds is 0. The maximum atomic E-state index is 6.49.